The van der Waals surface area contributed by atoms with E-state index in [1.54, 1.807) is 19.1 Å². The van der Waals surface area contributed by atoms with E-state index in [1.807, 2.05) is 0 Å². The second-order valence-corrected chi connectivity index (χ2v) is 5.51. The fourth-order valence-electron chi connectivity index (χ4n) is 2.49. The van der Waals surface area contributed by atoms with Gasteiger partial charge in [-0.3, -0.25) is 15.5 Å². The van der Waals surface area contributed by atoms with Crippen LogP contribution >= 0.6 is 0 Å². The van der Waals surface area contributed by atoms with Crippen molar-refractivity contribution >= 4 is 17.3 Å². The fraction of sp³-hybridized carbons (Fsp3) is 0.692. The zero-order chi connectivity index (χ0) is 15.9. The Morgan fingerprint density at radius 1 is 1.27 bits per heavy atom. The minimum atomic E-state index is -0.463. The summed E-state index contributed by atoms with van der Waals surface area (Å²) < 4.78 is 0. The summed E-state index contributed by atoms with van der Waals surface area (Å²) in [6.45, 7) is 3.68. The topological polar surface area (TPSA) is 99.5 Å². The normalized spacial score (nSPS) is 15.8. The van der Waals surface area contributed by atoms with Crippen molar-refractivity contribution < 1.29 is 4.92 Å². The molecule has 0 unspecified atom stereocenters. The average molecular weight is 309 g/mol. The molecule has 1 aliphatic rings. The first-order valence-corrected chi connectivity index (χ1v) is 7.47. The van der Waals surface area contributed by atoms with Crippen molar-refractivity contribution in [2.45, 2.75) is 19.3 Å². The molecule has 0 aromatic carbocycles. The summed E-state index contributed by atoms with van der Waals surface area (Å²) in [5.41, 5.74) is 2.70. The molecule has 22 heavy (non-hydrogen) atoms. The first-order valence-electron chi connectivity index (χ1n) is 7.47. The molecule has 122 valence electrons. The summed E-state index contributed by atoms with van der Waals surface area (Å²) >= 11 is 0. The van der Waals surface area contributed by atoms with Crippen molar-refractivity contribution in [2.24, 2.45) is 0 Å². The number of nitrogens with zero attached hydrogens (tertiary/aromatic N) is 5. The number of hydrogen-bond acceptors (Lipinski definition) is 8. The molecule has 2 rings (SSSR count). The van der Waals surface area contributed by atoms with Gasteiger partial charge in [0.1, 0.15) is 6.33 Å². The van der Waals surface area contributed by atoms with Gasteiger partial charge in [0.15, 0.2) is 0 Å². The van der Waals surface area contributed by atoms with E-state index in [-0.39, 0.29) is 17.3 Å². The Kier molecular flexibility index (Phi) is 5.84. The maximum Gasteiger partial charge on any atom is 0.354 e. The van der Waals surface area contributed by atoms with E-state index < -0.39 is 4.92 Å². The minimum Gasteiger partial charge on any atom is -0.363 e. The molecule has 1 aromatic rings. The Labute approximate surface area is 129 Å². The Morgan fingerprint density at radius 2 is 1.95 bits per heavy atom. The molecule has 0 atom stereocenters. The molecule has 0 saturated carbocycles. The van der Waals surface area contributed by atoms with Gasteiger partial charge in [0.05, 0.1) is 4.92 Å². The molecule has 9 heteroatoms. The molecule has 0 radical (unpaired) electrons. The Morgan fingerprint density at radius 3 is 2.59 bits per heavy atom. The molecule has 1 aromatic heterocycles. The Hall–Kier alpha value is -2.00. The van der Waals surface area contributed by atoms with Gasteiger partial charge in [-0.15, -0.1) is 0 Å². The van der Waals surface area contributed by atoms with Crippen molar-refractivity contribution in [3.8, 4) is 0 Å². The van der Waals surface area contributed by atoms with Gasteiger partial charge >= 0.3 is 5.69 Å². The lowest BCUT2D eigenvalue weighted by molar-refractivity contribution is -0.383. The third-order valence-electron chi connectivity index (χ3n) is 3.50. The van der Waals surface area contributed by atoms with Crippen LogP contribution < -0.4 is 10.7 Å². The quantitative estimate of drug-likeness (QED) is 0.572. The van der Waals surface area contributed by atoms with E-state index in [2.05, 4.69) is 25.6 Å². The molecule has 0 spiro atoms. The highest BCUT2D eigenvalue weighted by Crippen LogP contribution is 2.28. The molecule has 9 nitrogen and oxygen atoms in total. The number of hydrazine groups is 1. The number of nitro groups is 1. The Bertz CT molecular complexity index is 503. The van der Waals surface area contributed by atoms with Gasteiger partial charge < -0.3 is 10.2 Å². The van der Waals surface area contributed by atoms with Crippen molar-refractivity contribution in [1.82, 2.24) is 19.9 Å². The second-order valence-electron chi connectivity index (χ2n) is 5.51. The van der Waals surface area contributed by atoms with Crippen LogP contribution in [0.3, 0.4) is 0 Å². The van der Waals surface area contributed by atoms with E-state index in [9.17, 15) is 10.1 Å². The zero-order valence-electron chi connectivity index (χ0n) is 13.1. The van der Waals surface area contributed by atoms with Crippen LogP contribution in [0.5, 0.6) is 0 Å². The summed E-state index contributed by atoms with van der Waals surface area (Å²) in [6, 6.07) is 0. The summed E-state index contributed by atoms with van der Waals surface area (Å²) in [6.07, 6.45) is 5.07. The van der Waals surface area contributed by atoms with Crippen molar-refractivity contribution in [2.75, 3.05) is 51.0 Å². The predicted molar refractivity (Wildman–Crippen MR) is 84.8 cm³/mol. The predicted octanol–water partition coefficient (Wildman–Crippen LogP) is 1.17. The molecular formula is C13H23N7O2. The molecule has 1 saturated heterocycles. The Balaban J connectivity index is 2.01. The molecule has 1 aliphatic heterocycles. The monoisotopic (exact) mass is 309 g/mol. The standard InChI is InChI=1S/C13H23N7O2/c1-18(2)17-13-11(20(21)22)12(15-10-16-13)14-6-9-19-7-4-3-5-8-19/h10H,3-9H2,1-2H3,(H2,14,15,16,17). The summed E-state index contributed by atoms with van der Waals surface area (Å²) in [5, 5.41) is 16.0. The van der Waals surface area contributed by atoms with Crippen LogP contribution in [0.4, 0.5) is 17.3 Å². The van der Waals surface area contributed by atoms with Gasteiger partial charge in [0.25, 0.3) is 0 Å². The largest absolute Gasteiger partial charge is 0.363 e. The van der Waals surface area contributed by atoms with E-state index >= 15 is 0 Å². The van der Waals surface area contributed by atoms with Crippen molar-refractivity contribution in [3.05, 3.63) is 16.4 Å². The van der Waals surface area contributed by atoms with Crippen LogP contribution in [0, 0.1) is 10.1 Å². The van der Waals surface area contributed by atoms with Crippen LogP contribution in [0.15, 0.2) is 6.33 Å². The molecule has 2 N–H and O–H groups in total. The number of nitrogens with one attached hydrogen (secondary N) is 2. The van der Waals surface area contributed by atoms with Crippen molar-refractivity contribution in [3.63, 3.8) is 0 Å². The van der Waals surface area contributed by atoms with Gasteiger partial charge in [-0.05, 0) is 25.9 Å². The van der Waals surface area contributed by atoms with Gasteiger partial charge in [-0.1, -0.05) is 6.42 Å². The smallest absolute Gasteiger partial charge is 0.354 e. The van der Waals surface area contributed by atoms with E-state index in [0.717, 1.165) is 19.6 Å². The molecule has 0 aliphatic carbocycles. The SMILES string of the molecule is CN(C)Nc1ncnc(NCCN2CCCCC2)c1[N+](=O)[O-]. The second kappa shape index (κ2) is 7.85. The van der Waals surface area contributed by atoms with Gasteiger partial charge in [0.2, 0.25) is 11.6 Å². The van der Waals surface area contributed by atoms with Crippen LogP contribution in [-0.2, 0) is 0 Å². The van der Waals surface area contributed by atoms with Crippen LogP contribution in [0.2, 0.25) is 0 Å². The number of piperidine rings is 1. The lowest BCUT2D eigenvalue weighted by atomic mass is 10.1. The molecular weight excluding hydrogens is 286 g/mol. The van der Waals surface area contributed by atoms with Gasteiger partial charge in [-0.2, -0.15) is 0 Å². The average Bonchev–Trinajstić information content (AvgIpc) is 2.47. The number of hydrogen-bond donors (Lipinski definition) is 2. The molecule has 0 amide bonds. The fourth-order valence-corrected chi connectivity index (χ4v) is 2.49. The highest BCUT2D eigenvalue weighted by molar-refractivity contribution is 5.68. The molecule has 1 fully saturated rings. The minimum absolute atomic E-state index is 0.130. The number of likely N-dealkylation sites (tertiary alicyclic amines) is 1. The van der Waals surface area contributed by atoms with E-state index in [0.29, 0.717) is 6.54 Å². The lowest BCUT2D eigenvalue weighted by Crippen LogP contribution is -2.33. The van der Waals surface area contributed by atoms with Gasteiger partial charge in [0, 0.05) is 27.2 Å². The summed E-state index contributed by atoms with van der Waals surface area (Å²) in [5.74, 6) is 0.437. The molecule has 0 bridgehead atoms. The summed E-state index contributed by atoms with van der Waals surface area (Å²) in [4.78, 5) is 21.2. The third kappa shape index (κ3) is 4.50. The zero-order valence-corrected chi connectivity index (χ0v) is 13.1. The highest BCUT2D eigenvalue weighted by Gasteiger charge is 2.23. The van der Waals surface area contributed by atoms with Crippen LogP contribution in [0.25, 0.3) is 0 Å². The highest BCUT2D eigenvalue weighted by atomic mass is 16.6. The lowest BCUT2D eigenvalue weighted by Gasteiger charge is -2.26. The van der Waals surface area contributed by atoms with E-state index in [1.165, 1.54) is 25.6 Å². The van der Waals surface area contributed by atoms with Crippen LogP contribution in [0.1, 0.15) is 19.3 Å². The first-order chi connectivity index (χ1) is 10.6. The maximum atomic E-state index is 11.3. The first kappa shape index (κ1) is 16.4. The third-order valence-corrected chi connectivity index (χ3v) is 3.50. The van der Waals surface area contributed by atoms with Crippen molar-refractivity contribution in [1.29, 1.82) is 0 Å². The number of rotatable bonds is 7. The number of anilines is 2. The number of aromatic nitrogens is 2. The van der Waals surface area contributed by atoms with E-state index in [4.69, 9.17) is 0 Å². The van der Waals surface area contributed by atoms with Crippen LogP contribution in [-0.4, -0.2) is 65.1 Å². The van der Waals surface area contributed by atoms with Gasteiger partial charge in [-0.25, -0.2) is 15.0 Å². The molecule has 2 heterocycles. The maximum absolute atomic E-state index is 11.3. The summed E-state index contributed by atoms with van der Waals surface area (Å²) in [7, 11) is 3.49.